The highest BCUT2D eigenvalue weighted by Crippen LogP contribution is 2.04. The summed E-state index contributed by atoms with van der Waals surface area (Å²) in [5.41, 5.74) is 1.03. The predicted molar refractivity (Wildman–Crippen MR) is 69.7 cm³/mol. The number of ether oxygens (including phenoxy) is 1. The molecule has 0 atom stereocenters. The molecule has 2 rings (SSSR count). The van der Waals surface area contributed by atoms with E-state index in [9.17, 15) is 0 Å². The van der Waals surface area contributed by atoms with Crippen LogP contribution < -0.4 is 5.32 Å². The minimum Gasteiger partial charge on any atom is -0.380 e. The fourth-order valence-electron chi connectivity index (χ4n) is 2.12. The van der Waals surface area contributed by atoms with E-state index in [1.54, 1.807) is 0 Å². The maximum absolute atomic E-state index is 5.64. The zero-order valence-corrected chi connectivity index (χ0v) is 11.2. The predicted octanol–water partition coefficient (Wildman–Crippen LogP) is 0.837. The molecule has 0 aromatic carbocycles. The van der Waals surface area contributed by atoms with Gasteiger partial charge in [0.05, 0.1) is 12.3 Å². The smallest absolute Gasteiger partial charge is 0.133 e. The Kier molecular flexibility index (Phi) is 5.64. The number of piperazine rings is 1. The van der Waals surface area contributed by atoms with E-state index in [1.807, 2.05) is 13.0 Å². The molecule has 5 nitrogen and oxygen atoms in total. The summed E-state index contributed by atoms with van der Waals surface area (Å²) in [5, 5.41) is 7.31. The first kappa shape index (κ1) is 13.5. The molecule has 1 saturated heterocycles. The first-order chi connectivity index (χ1) is 8.84. The minimum absolute atomic E-state index is 0.804. The number of aromatic nitrogens is 1. The van der Waals surface area contributed by atoms with E-state index in [-0.39, 0.29) is 0 Å². The van der Waals surface area contributed by atoms with Crippen LogP contribution in [-0.4, -0.2) is 56.0 Å². The molecule has 0 radical (unpaired) electrons. The van der Waals surface area contributed by atoms with Gasteiger partial charge in [-0.2, -0.15) is 0 Å². The van der Waals surface area contributed by atoms with Gasteiger partial charge in [0.2, 0.25) is 0 Å². The van der Waals surface area contributed by atoms with Gasteiger partial charge in [-0.15, -0.1) is 0 Å². The van der Waals surface area contributed by atoms with Crippen molar-refractivity contribution in [2.45, 2.75) is 19.8 Å². The number of aryl methyl sites for hydroxylation is 2. The van der Waals surface area contributed by atoms with Gasteiger partial charge in [0, 0.05) is 45.4 Å². The number of rotatable bonds is 7. The molecule has 1 aromatic rings. The van der Waals surface area contributed by atoms with Crippen LogP contribution in [0.15, 0.2) is 10.6 Å². The Morgan fingerprint density at radius 2 is 2.22 bits per heavy atom. The number of nitrogens with zero attached hydrogens (tertiary/aromatic N) is 2. The van der Waals surface area contributed by atoms with E-state index in [4.69, 9.17) is 9.26 Å². The topological polar surface area (TPSA) is 50.5 Å². The SMILES string of the molecule is Cc1cc(CCCOCCN2CCNCC2)no1. The summed E-state index contributed by atoms with van der Waals surface area (Å²) in [5.74, 6) is 0.879. The van der Waals surface area contributed by atoms with Crippen LogP contribution in [0.3, 0.4) is 0 Å². The Morgan fingerprint density at radius 1 is 1.39 bits per heavy atom. The van der Waals surface area contributed by atoms with E-state index in [2.05, 4.69) is 15.4 Å². The fraction of sp³-hybridized carbons (Fsp3) is 0.769. The van der Waals surface area contributed by atoms with Gasteiger partial charge >= 0.3 is 0 Å². The highest BCUT2D eigenvalue weighted by molar-refractivity contribution is 5.03. The second-order valence-electron chi connectivity index (χ2n) is 4.74. The Morgan fingerprint density at radius 3 is 2.94 bits per heavy atom. The lowest BCUT2D eigenvalue weighted by Gasteiger charge is -2.26. The summed E-state index contributed by atoms with van der Waals surface area (Å²) in [6.45, 7) is 9.08. The first-order valence-electron chi connectivity index (χ1n) is 6.77. The zero-order valence-electron chi connectivity index (χ0n) is 11.2. The van der Waals surface area contributed by atoms with Gasteiger partial charge in [-0.25, -0.2) is 0 Å². The Hall–Kier alpha value is -0.910. The van der Waals surface area contributed by atoms with Crippen molar-refractivity contribution in [1.82, 2.24) is 15.4 Å². The van der Waals surface area contributed by atoms with E-state index in [0.717, 1.165) is 70.2 Å². The average Bonchev–Trinajstić information content (AvgIpc) is 2.81. The van der Waals surface area contributed by atoms with E-state index in [1.165, 1.54) is 0 Å². The van der Waals surface area contributed by atoms with E-state index < -0.39 is 0 Å². The van der Waals surface area contributed by atoms with Crippen LogP contribution >= 0.6 is 0 Å². The molecule has 2 heterocycles. The van der Waals surface area contributed by atoms with Crippen LogP contribution in [0, 0.1) is 6.92 Å². The Labute approximate surface area is 108 Å². The molecule has 5 heteroatoms. The summed E-state index contributed by atoms with van der Waals surface area (Å²) < 4.78 is 10.7. The van der Waals surface area contributed by atoms with Crippen LogP contribution in [0.25, 0.3) is 0 Å². The second kappa shape index (κ2) is 7.51. The molecule has 1 fully saturated rings. The summed E-state index contributed by atoms with van der Waals surface area (Å²) >= 11 is 0. The fourth-order valence-corrected chi connectivity index (χ4v) is 2.12. The maximum atomic E-state index is 5.64. The lowest BCUT2D eigenvalue weighted by molar-refractivity contribution is 0.0974. The number of hydrogen-bond donors (Lipinski definition) is 1. The molecule has 1 aliphatic rings. The molecule has 1 N–H and O–H groups in total. The van der Waals surface area contributed by atoms with Gasteiger partial charge in [0.25, 0.3) is 0 Å². The average molecular weight is 253 g/mol. The molecule has 0 unspecified atom stereocenters. The molecular formula is C13H23N3O2. The van der Waals surface area contributed by atoms with Crippen molar-refractivity contribution in [1.29, 1.82) is 0 Å². The van der Waals surface area contributed by atoms with E-state index >= 15 is 0 Å². The molecule has 18 heavy (non-hydrogen) atoms. The van der Waals surface area contributed by atoms with Gasteiger partial charge in [-0.3, -0.25) is 4.90 Å². The summed E-state index contributed by atoms with van der Waals surface area (Å²) in [6, 6.07) is 1.99. The van der Waals surface area contributed by atoms with Crippen molar-refractivity contribution < 1.29 is 9.26 Å². The maximum Gasteiger partial charge on any atom is 0.133 e. The van der Waals surface area contributed by atoms with Gasteiger partial charge < -0.3 is 14.6 Å². The van der Waals surface area contributed by atoms with Crippen LogP contribution in [0.4, 0.5) is 0 Å². The third-order valence-corrected chi connectivity index (χ3v) is 3.16. The quantitative estimate of drug-likeness (QED) is 0.730. The summed E-state index contributed by atoms with van der Waals surface area (Å²) in [6.07, 6.45) is 1.94. The van der Waals surface area contributed by atoms with Crippen molar-refractivity contribution in [2.24, 2.45) is 0 Å². The lowest BCUT2D eigenvalue weighted by atomic mass is 10.2. The van der Waals surface area contributed by atoms with Gasteiger partial charge in [0.15, 0.2) is 0 Å². The normalized spacial score (nSPS) is 17.2. The number of hydrogen-bond acceptors (Lipinski definition) is 5. The van der Waals surface area contributed by atoms with Crippen molar-refractivity contribution in [3.05, 3.63) is 17.5 Å². The second-order valence-corrected chi connectivity index (χ2v) is 4.74. The molecule has 0 amide bonds. The Balaban J connectivity index is 1.46. The minimum atomic E-state index is 0.804. The molecule has 0 spiro atoms. The highest BCUT2D eigenvalue weighted by Gasteiger charge is 2.08. The Bertz CT molecular complexity index is 335. The standard InChI is InChI=1S/C13H23N3O2/c1-12-11-13(15-18-12)3-2-9-17-10-8-16-6-4-14-5-7-16/h11,14H,2-10H2,1H3. The van der Waals surface area contributed by atoms with E-state index in [0.29, 0.717) is 0 Å². The molecule has 1 aromatic heterocycles. The van der Waals surface area contributed by atoms with Crippen molar-refractivity contribution in [2.75, 3.05) is 45.9 Å². The van der Waals surface area contributed by atoms with Crippen molar-refractivity contribution in [3.8, 4) is 0 Å². The monoisotopic (exact) mass is 253 g/mol. The molecule has 1 aliphatic heterocycles. The molecular weight excluding hydrogens is 230 g/mol. The van der Waals surface area contributed by atoms with Crippen LogP contribution in [0.2, 0.25) is 0 Å². The first-order valence-corrected chi connectivity index (χ1v) is 6.77. The summed E-state index contributed by atoms with van der Waals surface area (Å²) in [7, 11) is 0. The van der Waals surface area contributed by atoms with Gasteiger partial charge in [-0.1, -0.05) is 5.16 Å². The van der Waals surface area contributed by atoms with Crippen LogP contribution in [-0.2, 0) is 11.2 Å². The van der Waals surface area contributed by atoms with Crippen LogP contribution in [0.5, 0.6) is 0 Å². The van der Waals surface area contributed by atoms with Gasteiger partial charge in [-0.05, 0) is 19.8 Å². The van der Waals surface area contributed by atoms with Crippen LogP contribution in [0.1, 0.15) is 17.9 Å². The molecule has 102 valence electrons. The summed E-state index contributed by atoms with van der Waals surface area (Å²) in [4.78, 5) is 2.44. The third-order valence-electron chi connectivity index (χ3n) is 3.16. The van der Waals surface area contributed by atoms with Crippen molar-refractivity contribution >= 4 is 0 Å². The molecule has 0 aliphatic carbocycles. The molecule has 0 bridgehead atoms. The highest BCUT2D eigenvalue weighted by atomic mass is 16.5. The van der Waals surface area contributed by atoms with Gasteiger partial charge in [0.1, 0.15) is 5.76 Å². The zero-order chi connectivity index (χ0) is 12.6. The lowest BCUT2D eigenvalue weighted by Crippen LogP contribution is -2.44. The van der Waals surface area contributed by atoms with Crippen molar-refractivity contribution in [3.63, 3.8) is 0 Å². The molecule has 0 saturated carbocycles. The third kappa shape index (κ3) is 4.76. The largest absolute Gasteiger partial charge is 0.380 e. The number of nitrogens with one attached hydrogen (secondary N) is 1.